The third-order valence-corrected chi connectivity index (χ3v) is 5.04. The summed E-state index contributed by atoms with van der Waals surface area (Å²) in [5.41, 5.74) is 2.41. The van der Waals surface area contributed by atoms with E-state index in [1.54, 1.807) is 43.3 Å². The molecule has 0 heterocycles. The standard InChI is InChI=1S/C19H20O4S/c1-3-23-19(20)11-10-16-7-5-9-18(13-16)24(21,22)14-17-8-4-6-15(2)12-17/h4-13H,3,14H2,1-2H3/b11-10+. The number of rotatable bonds is 6. The fraction of sp³-hybridized carbons (Fsp3) is 0.211. The van der Waals surface area contributed by atoms with Crippen molar-refractivity contribution < 1.29 is 17.9 Å². The Morgan fingerprint density at radius 1 is 1.12 bits per heavy atom. The Morgan fingerprint density at radius 2 is 1.88 bits per heavy atom. The normalized spacial score (nSPS) is 11.6. The molecule has 0 aliphatic carbocycles. The van der Waals surface area contributed by atoms with Crippen LogP contribution in [-0.2, 0) is 25.1 Å². The molecule has 0 amide bonds. The van der Waals surface area contributed by atoms with Crippen molar-refractivity contribution in [1.29, 1.82) is 0 Å². The van der Waals surface area contributed by atoms with E-state index >= 15 is 0 Å². The molecule has 24 heavy (non-hydrogen) atoms. The Morgan fingerprint density at radius 3 is 2.58 bits per heavy atom. The largest absolute Gasteiger partial charge is 0.463 e. The first kappa shape index (κ1) is 17.9. The molecular weight excluding hydrogens is 324 g/mol. The van der Waals surface area contributed by atoms with E-state index in [2.05, 4.69) is 0 Å². The van der Waals surface area contributed by atoms with Crippen molar-refractivity contribution in [3.05, 3.63) is 71.3 Å². The number of ether oxygens (including phenoxy) is 1. The highest BCUT2D eigenvalue weighted by molar-refractivity contribution is 7.90. The lowest BCUT2D eigenvalue weighted by atomic mass is 10.2. The van der Waals surface area contributed by atoms with Gasteiger partial charge in [-0.05, 0) is 43.2 Å². The van der Waals surface area contributed by atoms with Crippen LogP contribution in [0.4, 0.5) is 0 Å². The molecule has 0 bridgehead atoms. The maximum absolute atomic E-state index is 12.6. The molecule has 2 rings (SSSR count). The molecule has 0 aromatic heterocycles. The Labute approximate surface area is 142 Å². The van der Waals surface area contributed by atoms with Crippen LogP contribution in [0.1, 0.15) is 23.6 Å². The van der Waals surface area contributed by atoms with Crippen molar-refractivity contribution in [2.45, 2.75) is 24.5 Å². The molecule has 0 fully saturated rings. The molecule has 126 valence electrons. The number of carbonyl (C=O) groups is 1. The van der Waals surface area contributed by atoms with Gasteiger partial charge in [-0.3, -0.25) is 0 Å². The summed E-state index contributed by atoms with van der Waals surface area (Å²) >= 11 is 0. The summed E-state index contributed by atoms with van der Waals surface area (Å²) in [4.78, 5) is 11.6. The fourth-order valence-corrected chi connectivity index (χ4v) is 3.66. The quantitative estimate of drug-likeness (QED) is 0.594. The Balaban J connectivity index is 2.22. The summed E-state index contributed by atoms with van der Waals surface area (Å²) in [5.74, 6) is -0.509. The maximum Gasteiger partial charge on any atom is 0.330 e. The minimum absolute atomic E-state index is 0.0558. The molecule has 0 N–H and O–H groups in total. The second-order valence-electron chi connectivity index (χ2n) is 5.41. The average molecular weight is 344 g/mol. The maximum atomic E-state index is 12.6. The minimum atomic E-state index is -3.45. The molecule has 2 aromatic carbocycles. The van der Waals surface area contributed by atoms with Gasteiger partial charge in [0.05, 0.1) is 17.3 Å². The summed E-state index contributed by atoms with van der Waals surface area (Å²) in [7, 11) is -3.45. The number of sulfone groups is 1. The molecule has 0 saturated carbocycles. The van der Waals surface area contributed by atoms with Crippen LogP contribution in [0.3, 0.4) is 0 Å². The lowest BCUT2D eigenvalue weighted by Gasteiger charge is -2.06. The SMILES string of the molecule is CCOC(=O)/C=C/c1cccc(S(=O)(=O)Cc2cccc(C)c2)c1. The predicted molar refractivity (Wildman–Crippen MR) is 94.2 cm³/mol. The highest BCUT2D eigenvalue weighted by Crippen LogP contribution is 2.19. The molecular formula is C19H20O4S. The zero-order valence-electron chi connectivity index (χ0n) is 13.7. The minimum Gasteiger partial charge on any atom is -0.463 e. The molecule has 0 aliphatic heterocycles. The number of hydrogen-bond acceptors (Lipinski definition) is 4. The van der Waals surface area contributed by atoms with Gasteiger partial charge in [0.2, 0.25) is 0 Å². The van der Waals surface area contributed by atoms with Crippen LogP contribution in [-0.4, -0.2) is 21.0 Å². The smallest absolute Gasteiger partial charge is 0.330 e. The zero-order valence-corrected chi connectivity index (χ0v) is 14.5. The van der Waals surface area contributed by atoms with Crippen molar-refractivity contribution in [2.75, 3.05) is 6.61 Å². The van der Waals surface area contributed by atoms with E-state index in [1.807, 2.05) is 25.1 Å². The molecule has 5 heteroatoms. The predicted octanol–water partition coefficient (Wildman–Crippen LogP) is 3.55. The van der Waals surface area contributed by atoms with Gasteiger partial charge in [-0.25, -0.2) is 13.2 Å². The van der Waals surface area contributed by atoms with E-state index in [0.717, 1.165) is 11.1 Å². The van der Waals surface area contributed by atoms with Crippen LogP contribution in [0.5, 0.6) is 0 Å². The first-order chi connectivity index (χ1) is 11.4. The van der Waals surface area contributed by atoms with Gasteiger partial charge < -0.3 is 4.74 Å². The molecule has 0 radical (unpaired) electrons. The summed E-state index contributed by atoms with van der Waals surface area (Å²) in [5, 5.41) is 0. The van der Waals surface area contributed by atoms with E-state index < -0.39 is 15.8 Å². The van der Waals surface area contributed by atoms with Crippen LogP contribution >= 0.6 is 0 Å². The molecule has 0 unspecified atom stereocenters. The van der Waals surface area contributed by atoms with Crippen LogP contribution < -0.4 is 0 Å². The second-order valence-corrected chi connectivity index (χ2v) is 7.40. The third-order valence-electron chi connectivity index (χ3n) is 3.35. The van der Waals surface area contributed by atoms with E-state index in [1.165, 1.54) is 6.08 Å². The van der Waals surface area contributed by atoms with E-state index in [4.69, 9.17) is 4.74 Å². The van der Waals surface area contributed by atoms with Crippen LogP contribution in [0.25, 0.3) is 6.08 Å². The van der Waals surface area contributed by atoms with E-state index in [9.17, 15) is 13.2 Å². The third kappa shape index (κ3) is 5.06. The number of aryl methyl sites for hydroxylation is 1. The van der Waals surface area contributed by atoms with Gasteiger partial charge in [-0.1, -0.05) is 42.0 Å². The summed E-state index contributed by atoms with van der Waals surface area (Å²) in [6.45, 7) is 3.95. The van der Waals surface area contributed by atoms with Crippen molar-refractivity contribution in [3.63, 3.8) is 0 Å². The van der Waals surface area contributed by atoms with Gasteiger partial charge in [0, 0.05) is 6.08 Å². The summed E-state index contributed by atoms with van der Waals surface area (Å²) in [6.07, 6.45) is 2.83. The van der Waals surface area contributed by atoms with Crippen molar-refractivity contribution in [1.82, 2.24) is 0 Å². The van der Waals surface area contributed by atoms with Gasteiger partial charge >= 0.3 is 5.97 Å². The van der Waals surface area contributed by atoms with Crippen LogP contribution in [0.15, 0.2) is 59.5 Å². The topological polar surface area (TPSA) is 60.4 Å². The zero-order chi connectivity index (χ0) is 17.6. The Hall–Kier alpha value is -2.40. The number of benzene rings is 2. The molecule has 0 spiro atoms. The van der Waals surface area contributed by atoms with Crippen molar-refractivity contribution in [2.24, 2.45) is 0 Å². The number of carbonyl (C=O) groups excluding carboxylic acids is 1. The van der Waals surface area contributed by atoms with E-state index in [-0.39, 0.29) is 10.6 Å². The monoisotopic (exact) mass is 344 g/mol. The van der Waals surface area contributed by atoms with E-state index in [0.29, 0.717) is 12.2 Å². The number of hydrogen-bond donors (Lipinski definition) is 0. The second kappa shape index (κ2) is 7.93. The van der Waals surface area contributed by atoms with Crippen LogP contribution in [0, 0.1) is 6.92 Å². The van der Waals surface area contributed by atoms with Gasteiger partial charge in [0.15, 0.2) is 9.84 Å². The van der Waals surface area contributed by atoms with Gasteiger partial charge in [0.1, 0.15) is 0 Å². The average Bonchev–Trinajstić information content (AvgIpc) is 2.53. The molecule has 0 aliphatic rings. The van der Waals surface area contributed by atoms with Crippen molar-refractivity contribution in [3.8, 4) is 0 Å². The Kier molecular flexibility index (Phi) is 5.93. The van der Waals surface area contributed by atoms with Crippen molar-refractivity contribution >= 4 is 21.9 Å². The van der Waals surface area contributed by atoms with Crippen LogP contribution in [0.2, 0.25) is 0 Å². The first-order valence-electron chi connectivity index (χ1n) is 7.64. The summed E-state index contributed by atoms with van der Waals surface area (Å²) in [6, 6.07) is 14.0. The number of esters is 1. The highest BCUT2D eigenvalue weighted by Gasteiger charge is 2.15. The van der Waals surface area contributed by atoms with Gasteiger partial charge in [-0.15, -0.1) is 0 Å². The molecule has 0 atom stereocenters. The fourth-order valence-electron chi connectivity index (χ4n) is 2.27. The lowest BCUT2D eigenvalue weighted by molar-refractivity contribution is -0.137. The Bertz CT molecular complexity index is 851. The van der Waals surface area contributed by atoms with Gasteiger partial charge in [0.25, 0.3) is 0 Å². The summed E-state index contributed by atoms with van der Waals surface area (Å²) < 4.78 is 30.0. The highest BCUT2D eigenvalue weighted by atomic mass is 32.2. The molecule has 2 aromatic rings. The molecule has 4 nitrogen and oxygen atoms in total. The van der Waals surface area contributed by atoms with Gasteiger partial charge in [-0.2, -0.15) is 0 Å². The lowest BCUT2D eigenvalue weighted by Crippen LogP contribution is -2.05. The first-order valence-corrected chi connectivity index (χ1v) is 9.29. The molecule has 0 saturated heterocycles.